The first-order valence-corrected chi connectivity index (χ1v) is 8.62. The van der Waals surface area contributed by atoms with E-state index < -0.39 is 0 Å². The van der Waals surface area contributed by atoms with Gasteiger partial charge < -0.3 is 4.74 Å². The van der Waals surface area contributed by atoms with Crippen LogP contribution < -0.4 is 4.74 Å². The molecular formula is C19H15N3OS. The van der Waals surface area contributed by atoms with Gasteiger partial charge in [-0.15, -0.1) is 10.2 Å². The molecule has 0 aliphatic rings. The number of aromatic nitrogens is 3. The van der Waals surface area contributed by atoms with Crippen LogP contribution in [0.1, 0.15) is 5.56 Å². The van der Waals surface area contributed by atoms with Crippen LogP contribution in [0.3, 0.4) is 0 Å². The summed E-state index contributed by atoms with van der Waals surface area (Å²) in [4.78, 5) is 0. The van der Waals surface area contributed by atoms with Crippen LogP contribution in [0.5, 0.6) is 11.5 Å². The zero-order valence-corrected chi connectivity index (χ0v) is 13.7. The van der Waals surface area contributed by atoms with E-state index in [1.807, 2.05) is 77.3 Å². The molecule has 4 aromatic rings. The monoisotopic (exact) mass is 333 g/mol. The third kappa shape index (κ3) is 3.12. The Morgan fingerprint density at radius 1 is 0.833 bits per heavy atom. The molecule has 2 aromatic carbocycles. The molecule has 0 bridgehead atoms. The molecule has 4 rings (SSSR count). The molecule has 118 valence electrons. The Morgan fingerprint density at radius 2 is 1.62 bits per heavy atom. The number of benzene rings is 2. The van der Waals surface area contributed by atoms with Crippen molar-refractivity contribution in [2.75, 3.05) is 0 Å². The van der Waals surface area contributed by atoms with Crippen LogP contribution in [0.15, 0.2) is 84.1 Å². The fourth-order valence-corrected chi connectivity index (χ4v) is 3.31. The lowest BCUT2D eigenvalue weighted by Gasteiger charge is -2.10. The number of hydrogen-bond donors (Lipinski definition) is 0. The molecule has 2 aromatic heterocycles. The first-order valence-electron chi connectivity index (χ1n) is 7.63. The third-order valence-electron chi connectivity index (χ3n) is 3.58. The smallest absolute Gasteiger partial charge is 0.195 e. The minimum atomic E-state index is 0.763. The predicted octanol–water partition coefficient (Wildman–Crippen LogP) is 4.81. The van der Waals surface area contributed by atoms with E-state index in [0.29, 0.717) is 0 Å². The lowest BCUT2D eigenvalue weighted by Crippen LogP contribution is -1.91. The second-order valence-corrected chi connectivity index (χ2v) is 6.17. The number of para-hydroxylation sites is 2. The lowest BCUT2D eigenvalue weighted by molar-refractivity contribution is 0.478. The van der Waals surface area contributed by atoms with Crippen molar-refractivity contribution >= 4 is 17.4 Å². The summed E-state index contributed by atoms with van der Waals surface area (Å²) in [5.41, 5.74) is 1.98. The Kier molecular flexibility index (Phi) is 4.16. The quantitative estimate of drug-likeness (QED) is 0.491. The summed E-state index contributed by atoms with van der Waals surface area (Å²) in [5, 5.41) is 9.32. The first-order chi connectivity index (χ1) is 11.9. The molecule has 0 N–H and O–H groups in total. The number of fused-ring (bicyclic) bond motifs is 1. The van der Waals surface area contributed by atoms with Gasteiger partial charge in [-0.2, -0.15) is 0 Å². The largest absolute Gasteiger partial charge is 0.457 e. The fraction of sp³-hybridized carbons (Fsp3) is 0.0526. The molecule has 0 aliphatic carbocycles. The van der Waals surface area contributed by atoms with Gasteiger partial charge in [0.2, 0.25) is 0 Å². The molecule has 0 aliphatic heterocycles. The molecule has 2 heterocycles. The molecule has 0 unspecified atom stereocenters. The van der Waals surface area contributed by atoms with Gasteiger partial charge in [0.1, 0.15) is 11.5 Å². The molecule has 0 fully saturated rings. The maximum Gasteiger partial charge on any atom is 0.195 e. The molecule has 4 nitrogen and oxygen atoms in total. The summed E-state index contributed by atoms with van der Waals surface area (Å²) in [6, 6.07) is 23.8. The highest BCUT2D eigenvalue weighted by atomic mass is 32.2. The first kappa shape index (κ1) is 14.8. The van der Waals surface area contributed by atoms with Crippen molar-refractivity contribution in [1.82, 2.24) is 14.6 Å². The number of hydrogen-bond acceptors (Lipinski definition) is 4. The van der Waals surface area contributed by atoms with Crippen molar-refractivity contribution in [3.63, 3.8) is 0 Å². The molecule has 0 radical (unpaired) electrons. The topological polar surface area (TPSA) is 39.4 Å². The van der Waals surface area contributed by atoms with Crippen LogP contribution >= 0.6 is 11.8 Å². The van der Waals surface area contributed by atoms with Crippen molar-refractivity contribution in [2.24, 2.45) is 0 Å². The second kappa shape index (κ2) is 6.76. The lowest BCUT2D eigenvalue weighted by atomic mass is 10.2. The average Bonchev–Trinajstić information content (AvgIpc) is 3.05. The Labute approximate surface area is 144 Å². The van der Waals surface area contributed by atoms with Gasteiger partial charge in [-0.25, -0.2) is 0 Å². The molecule has 0 atom stereocenters. The van der Waals surface area contributed by atoms with E-state index in [9.17, 15) is 0 Å². The highest BCUT2D eigenvalue weighted by Gasteiger charge is 2.09. The minimum Gasteiger partial charge on any atom is -0.457 e. The zero-order chi connectivity index (χ0) is 16.2. The van der Waals surface area contributed by atoms with Crippen LogP contribution in [-0.2, 0) is 5.75 Å². The maximum absolute atomic E-state index is 6.01. The second-order valence-electron chi connectivity index (χ2n) is 5.22. The summed E-state index contributed by atoms with van der Waals surface area (Å²) in [6.45, 7) is 0. The van der Waals surface area contributed by atoms with Gasteiger partial charge in [0.25, 0.3) is 0 Å². The molecule has 0 amide bonds. The minimum absolute atomic E-state index is 0.763. The van der Waals surface area contributed by atoms with Gasteiger partial charge >= 0.3 is 0 Å². The van der Waals surface area contributed by atoms with Crippen LogP contribution in [0.2, 0.25) is 0 Å². The Balaban J connectivity index is 1.54. The summed E-state index contributed by atoms with van der Waals surface area (Å²) >= 11 is 1.64. The molecular weight excluding hydrogens is 318 g/mol. The van der Waals surface area contributed by atoms with Crippen molar-refractivity contribution < 1.29 is 4.74 Å². The summed E-state index contributed by atoms with van der Waals surface area (Å²) < 4.78 is 8.00. The van der Waals surface area contributed by atoms with E-state index >= 15 is 0 Å². The van der Waals surface area contributed by atoms with E-state index in [0.717, 1.165) is 33.6 Å². The zero-order valence-electron chi connectivity index (χ0n) is 12.9. The summed E-state index contributed by atoms with van der Waals surface area (Å²) in [6.07, 6.45) is 1.98. The van der Waals surface area contributed by atoms with E-state index in [1.165, 1.54) is 0 Å². The number of thioether (sulfide) groups is 1. The average molecular weight is 333 g/mol. The maximum atomic E-state index is 6.01. The summed E-state index contributed by atoms with van der Waals surface area (Å²) in [7, 11) is 0. The van der Waals surface area contributed by atoms with Crippen LogP contribution in [0.4, 0.5) is 0 Å². The van der Waals surface area contributed by atoms with Gasteiger partial charge in [0.15, 0.2) is 10.8 Å². The molecule has 0 saturated carbocycles. The molecule has 0 spiro atoms. The van der Waals surface area contributed by atoms with Gasteiger partial charge in [-0.3, -0.25) is 4.40 Å². The normalized spacial score (nSPS) is 10.8. The van der Waals surface area contributed by atoms with E-state index in [2.05, 4.69) is 16.3 Å². The Hall–Kier alpha value is -2.79. The third-order valence-corrected chi connectivity index (χ3v) is 4.57. The highest BCUT2D eigenvalue weighted by Crippen LogP contribution is 2.30. The van der Waals surface area contributed by atoms with E-state index in [-0.39, 0.29) is 0 Å². The van der Waals surface area contributed by atoms with Crippen LogP contribution in [0, 0.1) is 0 Å². The van der Waals surface area contributed by atoms with Crippen molar-refractivity contribution in [2.45, 2.75) is 10.9 Å². The SMILES string of the molecule is c1ccc(Oc2ccccc2CSc2nnc3ccccn23)cc1. The molecule has 5 heteroatoms. The number of rotatable bonds is 5. The Morgan fingerprint density at radius 3 is 2.54 bits per heavy atom. The highest BCUT2D eigenvalue weighted by molar-refractivity contribution is 7.98. The van der Waals surface area contributed by atoms with Gasteiger partial charge in [-0.05, 0) is 30.3 Å². The van der Waals surface area contributed by atoms with Crippen molar-refractivity contribution in [3.8, 4) is 11.5 Å². The standard InChI is InChI=1S/C19H15N3OS/c1-2-9-16(10-3-1)23-17-11-5-4-8-15(17)14-24-19-21-20-18-12-6-7-13-22(18)19/h1-13H,14H2. The van der Waals surface area contributed by atoms with Crippen molar-refractivity contribution in [1.29, 1.82) is 0 Å². The molecule has 24 heavy (non-hydrogen) atoms. The van der Waals surface area contributed by atoms with Gasteiger partial charge in [0, 0.05) is 17.5 Å². The predicted molar refractivity (Wildman–Crippen MR) is 95.5 cm³/mol. The van der Waals surface area contributed by atoms with Crippen LogP contribution in [-0.4, -0.2) is 14.6 Å². The number of pyridine rings is 1. The van der Waals surface area contributed by atoms with Gasteiger partial charge in [0.05, 0.1) is 0 Å². The number of ether oxygens (including phenoxy) is 1. The Bertz CT molecular complexity index is 953. The summed E-state index contributed by atoms with van der Waals surface area (Å²) in [5.74, 6) is 2.46. The van der Waals surface area contributed by atoms with Gasteiger partial charge in [-0.1, -0.05) is 54.2 Å². The van der Waals surface area contributed by atoms with E-state index in [1.54, 1.807) is 11.8 Å². The number of nitrogens with zero attached hydrogens (tertiary/aromatic N) is 3. The molecule has 0 saturated heterocycles. The van der Waals surface area contributed by atoms with Crippen molar-refractivity contribution in [3.05, 3.63) is 84.6 Å². The van der Waals surface area contributed by atoms with E-state index in [4.69, 9.17) is 4.74 Å². The fourth-order valence-electron chi connectivity index (χ4n) is 2.40. The van der Waals surface area contributed by atoms with Crippen LogP contribution in [0.25, 0.3) is 5.65 Å².